The number of amides is 1. The minimum atomic E-state index is 0.0240. The van der Waals surface area contributed by atoms with Crippen LogP contribution in [0.3, 0.4) is 0 Å². The third-order valence-electron chi connectivity index (χ3n) is 3.25. The van der Waals surface area contributed by atoms with Gasteiger partial charge in [-0.3, -0.25) is 4.79 Å². The first kappa shape index (κ1) is 14.0. The Labute approximate surface area is 114 Å². The number of carbonyl (C=O) groups is 1. The summed E-state index contributed by atoms with van der Waals surface area (Å²) in [5.41, 5.74) is 7.40. The van der Waals surface area contributed by atoms with Gasteiger partial charge in [0.05, 0.1) is 0 Å². The third-order valence-corrected chi connectivity index (χ3v) is 3.25. The van der Waals surface area contributed by atoms with Crippen molar-refractivity contribution in [1.29, 1.82) is 0 Å². The number of carbonyl (C=O) groups excluding carboxylic acids is 1. The maximum atomic E-state index is 11.8. The highest BCUT2D eigenvalue weighted by Gasteiger charge is 2.20. The first-order valence-electron chi connectivity index (χ1n) is 6.95. The van der Waals surface area contributed by atoms with Gasteiger partial charge in [0.1, 0.15) is 0 Å². The normalized spacial score (nSPS) is 14.4. The standard InChI is InChI=1S/C15H22N2O2/c16-10-13-4-1-2-5-14(13)17-15(18)6-3-9-19-11-12-7-8-12/h1-2,4-5,12H,3,6-11,16H2,(H,17,18). The summed E-state index contributed by atoms with van der Waals surface area (Å²) in [6, 6.07) is 7.62. The average Bonchev–Trinajstić information content (AvgIpc) is 3.23. The van der Waals surface area contributed by atoms with E-state index in [1.807, 2.05) is 24.3 Å². The number of anilines is 1. The Morgan fingerprint density at radius 3 is 2.89 bits per heavy atom. The van der Waals surface area contributed by atoms with E-state index in [2.05, 4.69) is 5.32 Å². The second-order valence-electron chi connectivity index (χ2n) is 5.03. The molecule has 3 N–H and O–H groups in total. The zero-order chi connectivity index (χ0) is 13.5. The average molecular weight is 262 g/mol. The molecule has 0 radical (unpaired) electrons. The zero-order valence-corrected chi connectivity index (χ0v) is 11.2. The monoisotopic (exact) mass is 262 g/mol. The van der Waals surface area contributed by atoms with Gasteiger partial charge in [0, 0.05) is 31.9 Å². The lowest BCUT2D eigenvalue weighted by atomic mass is 10.1. The molecule has 4 heteroatoms. The van der Waals surface area contributed by atoms with Crippen LogP contribution < -0.4 is 11.1 Å². The van der Waals surface area contributed by atoms with E-state index in [-0.39, 0.29) is 5.91 Å². The van der Waals surface area contributed by atoms with Gasteiger partial charge >= 0.3 is 0 Å². The summed E-state index contributed by atoms with van der Waals surface area (Å²) in [7, 11) is 0. The van der Waals surface area contributed by atoms with Crippen LogP contribution in [0.15, 0.2) is 24.3 Å². The largest absolute Gasteiger partial charge is 0.381 e. The van der Waals surface area contributed by atoms with E-state index in [4.69, 9.17) is 10.5 Å². The molecule has 0 heterocycles. The van der Waals surface area contributed by atoms with Crippen molar-refractivity contribution >= 4 is 11.6 Å². The molecule has 1 aliphatic carbocycles. The molecule has 1 aliphatic rings. The van der Waals surface area contributed by atoms with Crippen molar-refractivity contribution in [2.24, 2.45) is 11.7 Å². The Hall–Kier alpha value is -1.39. The summed E-state index contributed by atoms with van der Waals surface area (Å²) >= 11 is 0. The van der Waals surface area contributed by atoms with Crippen molar-refractivity contribution in [2.75, 3.05) is 18.5 Å². The van der Waals surface area contributed by atoms with Crippen molar-refractivity contribution in [3.8, 4) is 0 Å². The maximum Gasteiger partial charge on any atom is 0.224 e. The van der Waals surface area contributed by atoms with Crippen molar-refractivity contribution < 1.29 is 9.53 Å². The minimum Gasteiger partial charge on any atom is -0.381 e. The highest BCUT2D eigenvalue weighted by atomic mass is 16.5. The minimum absolute atomic E-state index is 0.0240. The van der Waals surface area contributed by atoms with Crippen molar-refractivity contribution in [2.45, 2.75) is 32.2 Å². The Balaban J connectivity index is 1.65. The summed E-state index contributed by atoms with van der Waals surface area (Å²) in [6.45, 7) is 1.96. The maximum absolute atomic E-state index is 11.8. The topological polar surface area (TPSA) is 64.3 Å². The molecule has 1 aromatic carbocycles. The van der Waals surface area contributed by atoms with Gasteiger partial charge in [-0.05, 0) is 36.8 Å². The molecule has 0 saturated heterocycles. The smallest absolute Gasteiger partial charge is 0.224 e. The molecule has 0 unspecified atom stereocenters. The molecule has 4 nitrogen and oxygen atoms in total. The SMILES string of the molecule is NCc1ccccc1NC(=O)CCCOCC1CC1. The molecule has 1 amide bonds. The van der Waals surface area contributed by atoms with Gasteiger partial charge in [0.2, 0.25) is 5.91 Å². The summed E-state index contributed by atoms with van der Waals surface area (Å²) in [4.78, 5) is 11.8. The molecule has 1 fully saturated rings. The quantitative estimate of drug-likeness (QED) is 0.706. The lowest BCUT2D eigenvalue weighted by molar-refractivity contribution is -0.116. The number of hydrogen-bond acceptors (Lipinski definition) is 3. The molecule has 2 rings (SSSR count). The van der Waals surface area contributed by atoms with Crippen LogP contribution in [0.4, 0.5) is 5.69 Å². The molecule has 0 spiro atoms. The van der Waals surface area contributed by atoms with Gasteiger partial charge in [-0.2, -0.15) is 0 Å². The van der Waals surface area contributed by atoms with Gasteiger partial charge in [0.15, 0.2) is 0 Å². The van der Waals surface area contributed by atoms with E-state index >= 15 is 0 Å². The molecule has 0 aliphatic heterocycles. The van der Waals surface area contributed by atoms with Crippen LogP contribution in [0.2, 0.25) is 0 Å². The summed E-state index contributed by atoms with van der Waals surface area (Å²) < 4.78 is 5.50. The molecule has 19 heavy (non-hydrogen) atoms. The van der Waals surface area contributed by atoms with Gasteiger partial charge < -0.3 is 15.8 Å². The van der Waals surface area contributed by atoms with Crippen LogP contribution in [0.5, 0.6) is 0 Å². The molecule has 1 aromatic rings. The molecule has 0 atom stereocenters. The fraction of sp³-hybridized carbons (Fsp3) is 0.533. The Morgan fingerprint density at radius 1 is 1.37 bits per heavy atom. The number of nitrogens with one attached hydrogen (secondary N) is 1. The molecule has 0 aromatic heterocycles. The van der Waals surface area contributed by atoms with Crippen molar-refractivity contribution in [1.82, 2.24) is 0 Å². The zero-order valence-electron chi connectivity index (χ0n) is 11.2. The summed E-state index contributed by atoms with van der Waals surface area (Å²) in [5.74, 6) is 0.807. The Bertz CT molecular complexity index is 416. The molecule has 0 bridgehead atoms. The lowest BCUT2D eigenvalue weighted by Crippen LogP contribution is -2.14. The number of nitrogens with two attached hydrogens (primary N) is 1. The van der Waals surface area contributed by atoms with Gasteiger partial charge in [-0.25, -0.2) is 0 Å². The van der Waals surface area contributed by atoms with Crippen molar-refractivity contribution in [3.63, 3.8) is 0 Å². The van der Waals surface area contributed by atoms with E-state index in [9.17, 15) is 4.79 Å². The summed E-state index contributed by atoms with van der Waals surface area (Å²) in [5, 5.41) is 2.90. The number of rotatable bonds is 8. The predicted octanol–water partition coefficient (Wildman–Crippen LogP) is 2.29. The van der Waals surface area contributed by atoms with Crippen LogP contribution in [-0.2, 0) is 16.1 Å². The van der Waals surface area contributed by atoms with Crippen molar-refractivity contribution in [3.05, 3.63) is 29.8 Å². The third kappa shape index (κ3) is 5.01. The van der Waals surface area contributed by atoms with Crippen LogP contribution in [0.25, 0.3) is 0 Å². The molecular formula is C15H22N2O2. The summed E-state index contributed by atoms with van der Waals surface area (Å²) in [6.07, 6.45) is 3.86. The van der Waals surface area contributed by atoms with E-state index in [1.165, 1.54) is 12.8 Å². The van der Waals surface area contributed by atoms with Gasteiger partial charge in [-0.15, -0.1) is 0 Å². The van der Waals surface area contributed by atoms with E-state index in [0.717, 1.165) is 30.2 Å². The van der Waals surface area contributed by atoms with E-state index < -0.39 is 0 Å². The number of benzene rings is 1. The van der Waals surface area contributed by atoms with Crippen LogP contribution in [-0.4, -0.2) is 19.1 Å². The van der Waals surface area contributed by atoms with E-state index in [1.54, 1.807) is 0 Å². The first-order valence-corrected chi connectivity index (χ1v) is 6.95. The fourth-order valence-electron chi connectivity index (χ4n) is 1.90. The molecule has 1 saturated carbocycles. The van der Waals surface area contributed by atoms with Crippen LogP contribution >= 0.6 is 0 Å². The van der Waals surface area contributed by atoms with Crippen LogP contribution in [0, 0.1) is 5.92 Å². The fourth-order valence-corrected chi connectivity index (χ4v) is 1.90. The highest BCUT2D eigenvalue weighted by Crippen LogP contribution is 2.28. The Kier molecular flexibility index (Phi) is 5.36. The van der Waals surface area contributed by atoms with Crippen LogP contribution in [0.1, 0.15) is 31.2 Å². The van der Waals surface area contributed by atoms with E-state index in [0.29, 0.717) is 19.6 Å². The second-order valence-corrected chi connectivity index (χ2v) is 5.03. The lowest BCUT2D eigenvalue weighted by Gasteiger charge is -2.09. The molecule has 104 valence electrons. The van der Waals surface area contributed by atoms with Gasteiger partial charge in [0.25, 0.3) is 0 Å². The number of para-hydroxylation sites is 1. The highest BCUT2D eigenvalue weighted by molar-refractivity contribution is 5.91. The first-order chi connectivity index (χ1) is 9.29. The predicted molar refractivity (Wildman–Crippen MR) is 75.7 cm³/mol. The second kappa shape index (κ2) is 7.26. The Morgan fingerprint density at radius 2 is 2.16 bits per heavy atom. The number of ether oxygens (including phenoxy) is 1. The number of hydrogen-bond donors (Lipinski definition) is 2. The molecular weight excluding hydrogens is 240 g/mol. The van der Waals surface area contributed by atoms with Gasteiger partial charge in [-0.1, -0.05) is 18.2 Å².